The van der Waals surface area contributed by atoms with Gasteiger partial charge < -0.3 is 10.2 Å². The molecule has 0 aromatic carbocycles. The van der Waals surface area contributed by atoms with Crippen molar-refractivity contribution in [2.24, 2.45) is 5.92 Å². The molecule has 0 saturated carbocycles. The summed E-state index contributed by atoms with van der Waals surface area (Å²) in [5, 5.41) is 2.79. The molecule has 8 heteroatoms. The van der Waals surface area contributed by atoms with Gasteiger partial charge in [0.1, 0.15) is 0 Å². The van der Waals surface area contributed by atoms with Crippen molar-refractivity contribution in [1.29, 1.82) is 0 Å². The lowest BCUT2D eigenvalue weighted by Gasteiger charge is -2.26. The third-order valence-electron chi connectivity index (χ3n) is 4.17. The van der Waals surface area contributed by atoms with E-state index in [9.17, 15) is 18.0 Å². The Morgan fingerprint density at radius 2 is 2.00 bits per heavy atom. The van der Waals surface area contributed by atoms with Gasteiger partial charge in [-0.1, -0.05) is 13.8 Å². The molecule has 1 N–H and O–H groups in total. The Morgan fingerprint density at radius 1 is 1.32 bits per heavy atom. The fourth-order valence-corrected chi connectivity index (χ4v) is 4.57. The number of nitrogens with one attached hydrogen (secondary N) is 1. The molecule has 2 heterocycles. The van der Waals surface area contributed by atoms with E-state index in [0.29, 0.717) is 36.6 Å². The van der Waals surface area contributed by atoms with Gasteiger partial charge in [0.25, 0.3) is 11.8 Å². The largest absolute Gasteiger partial charge is 0.352 e. The summed E-state index contributed by atoms with van der Waals surface area (Å²) < 4.78 is 23.4. The number of sulfone groups is 1. The van der Waals surface area contributed by atoms with Crippen LogP contribution >= 0.6 is 0 Å². The highest BCUT2D eigenvalue weighted by atomic mass is 32.2. The molecular weight excluding hydrogens is 342 g/mol. The van der Waals surface area contributed by atoms with Crippen LogP contribution in [0.25, 0.3) is 0 Å². The van der Waals surface area contributed by atoms with Crippen molar-refractivity contribution in [3.05, 3.63) is 29.6 Å². The zero-order valence-electron chi connectivity index (χ0n) is 14.9. The van der Waals surface area contributed by atoms with Crippen LogP contribution in [-0.4, -0.2) is 60.8 Å². The topological polar surface area (TPSA) is 96.4 Å². The molecule has 0 bridgehead atoms. The number of aromatic nitrogens is 1. The first kappa shape index (κ1) is 19.4. The normalized spacial score (nSPS) is 19.0. The maximum absolute atomic E-state index is 12.8. The van der Waals surface area contributed by atoms with E-state index in [-0.39, 0.29) is 29.4 Å². The van der Waals surface area contributed by atoms with Crippen LogP contribution in [0.3, 0.4) is 0 Å². The van der Waals surface area contributed by atoms with Crippen LogP contribution in [0.15, 0.2) is 18.5 Å². The predicted octanol–water partition coefficient (Wildman–Crippen LogP) is 1.12. The lowest BCUT2D eigenvalue weighted by Crippen LogP contribution is -2.41. The predicted molar refractivity (Wildman–Crippen MR) is 95.2 cm³/mol. The molecule has 2 rings (SSSR count). The fraction of sp³-hybridized carbons (Fsp3) is 0.588. The molecule has 1 saturated heterocycles. The maximum Gasteiger partial charge on any atom is 0.255 e. The first-order chi connectivity index (χ1) is 11.7. The third kappa shape index (κ3) is 5.01. The lowest BCUT2D eigenvalue weighted by atomic mass is 10.1. The Labute approximate surface area is 148 Å². The first-order valence-electron chi connectivity index (χ1n) is 8.48. The van der Waals surface area contributed by atoms with Crippen LogP contribution in [0, 0.1) is 5.92 Å². The lowest BCUT2D eigenvalue weighted by molar-refractivity contribution is 0.0708. The number of amides is 2. The van der Waals surface area contributed by atoms with E-state index in [0.717, 1.165) is 0 Å². The molecule has 1 fully saturated rings. The van der Waals surface area contributed by atoms with Gasteiger partial charge in [0.15, 0.2) is 9.84 Å². The van der Waals surface area contributed by atoms with Crippen LogP contribution in [-0.2, 0) is 9.84 Å². The highest BCUT2D eigenvalue weighted by Crippen LogP contribution is 2.20. The van der Waals surface area contributed by atoms with Crippen molar-refractivity contribution in [2.75, 3.05) is 24.6 Å². The second kappa shape index (κ2) is 7.95. The molecule has 1 aliphatic heterocycles. The summed E-state index contributed by atoms with van der Waals surface area (Å²) in [4.78, 5) is 30.5. The molecule has 0 radical (unpaired) electrons. The summed E-state index contributed by atoms with van der Waals surface area (Å²) in [5.41, 5.74) is 0.616. The van der Waals surface area contributed by atoms with Crippen LogP contribution in [0.1, 0.15) is 47.9 Å². The molecule has 1 unspecified atom stereocenters. The SMILES string of the molecule is CCN(C(=O)c1cncc(C(=O)NCC(C)C)c1)C1CCS(=O)(=O)C1. The van der Waals surface area contributed by atoms with E-state index >= 15 is 0 Å². The molecule has 2 amide bonds. The van der Waals surface area contributed by atoms with Crippen molar-refractivity contribution in [1.82, 2.24) is 15.2 Å². The van der Waals surface area contributed by atoms with Gasteiger partial charge in [0.05, 0.1) is 22.6 Å². The van der Waals surface area contributed by atoms with Gasteiger partial charge in [-0.15, -0.1) is 0 Å². The van der Waals surface area contributed by atoms with Crippen molar-refractivity contribution >= 4 is 21.7 Å². The number of carbonyl (C=O) groups is 2. The molecule has 25 heavy (non-hydrogen) atoms. The van der Waals surface area contributed by atoms with Crippen LogP contribution < -0.4 is 5.32 Å². The van der Waals surface area contributed by atoms with Gasteiger partial charge in [-0.2, -0.15) is 0 Å². The molecule has 1 atom stereocenters. The minimum atomic E-state index is -3.08. The summed E-state index contributed by atoms with van der Waals surface area (Å²) in [6.45, 7) is 6.75. The third-order valence-corrected chi connectivity index (χ3v) is 5.92. The zero-order chi connectivity index (χ0) is 18.6. The Kier molecular flexibility index (Phi) is 6.16. The van der Waals surface area contributed by atoms with Gasteiger partial charge >= 0.3 is 0 Å². The molecule has 0 aliphatic carbocycles. The highest BCUT2D eigenvalue weighted by Gasteiger charge is 2.34. The van der Waals surface area contributed by atoms with Crippen molar-refractivity contribution < 1.29 is 18.0 Å². The second-order valence-electron chi connectivity index (χ2n) is 6.71. The summed E-state index contributed by atoms with van der Waals surface area (Å²) in [6.07, 6.45) is 3.28. The summed E-state index contributed by atoms with van der Waals surface area (Å²) in [7, 11) is -3.08. The molecule has 1 aromatic heterocycles. The number of hydrogen-bond acceptors (Lipinski definition) is 5. The Balaban J connectivity index is 2.15. The quantitative estimate of drug-likeness (QED) is 0.813. The van der Waals surface area contributed by atoms with Crippen molar-refractivity contribution in [2.45, 2.75) is 33.2 Å². The van der Waals surface area contributed by atoms with E-state index in [1.54, 1.807) is 4.90 Å². The van der Waals surface area contributed by atoms with Gasteiger partial charge in [-0.05, 0) is 25.3 Å². The number of carbonyl (C=O) groups excluding carboxylic acids is 2. The molecular formula is C17H25N3O4S. The van der Waals surface area contributed by atoms with E-state index in [4.69, 9.17) is 0 Å². The van der Waals surface area contributed by atoms with Crippen molar-refractivity contribution in [3.8, 4) is 0 Å². The Hall–Kier alpha value is -1.96. The molecule has 138 valence electrons. The minimum absolute atomic E-state index is 0.00538. The highest BCUT2D eigenvalue weighted by molar-refractivity contribution is 7.91. The van der Waals surface area contributed by atoms with Gasteiger partial charge in [-0.3, -0.25) is 14.6 Å². The van der Waals surface area contributed by atoms with Crippen LogP contribution in [0.5, 0.6) is 0 Å². The van der Waals surface area contributed by atoms with Crippen LogP contribution in [0.2, 0.25) is 0 Å². The van der Waals surface area contributed by atoms with Gasteiger partial charge in [0.2, 0.25) is 0 Å². The number of hydrogen-bond donors (Lipinski definition) is 1. The summed E-state index contributed by atoms with van der Waals surface area (Å²) in [5.74, 6) is -0.147. The van der Waals surface area contributed by atoms with E-state index < -0.39 is 9.84 Å². The first-order valence-corrected chi connectivity index (χ1v) is 10.3. The van der Waals surface area contributed by atoms with Gasteiger partial charge in [-0.25, -0.2) is 8.42 Å². The zero-order valence-corrected chi connectivity index (χ0v) is 15.7. The smallest absolute Gasteiger partial charge is 0.255 e. The average molecular weight is 367 g/mol. The number of nitrogens with zero attached hydrogens (tertiary/aromatic N) is 2. The number of pyridine rings is 1. The van der Waals surface area contributed by atoms with E-state index in [1.807, 2.05) is 20.8 Å². The van der Waals surface area contributed by atoms with Gasteiger partial charge in [0, 0.05) is 31.5 Å². The fourth-order valence-electron chi connectivity index (χ4n) is 2.83. The standard InChI is InChI=1S/C17H25N3O4S/c1-4-20(15-5-6-25(23,24)11-15)17(22)14-7-13(9-18-10-14)16(21)19-8-12(2)3/h7,9-10,12,15H,4-6,8,11H2,1-3H3,(H,19,21). The Morgan fingerprint density at radius 3 is 2.56 bits per heavy atom. The molecule has 1 aromatic rings. The molecule has 7 nitrogen and oxygen atoms in total. The number of rotatable bonds is 6. The Bertz CT molecular complexity index is 746. The summed E-state index contributed by atoms with van der Waals surface area (Å²) >= 11 is 0. The van der Waals surface area contributed by atoms with Crippen molar-refractivity contribution in [3.63, 3.8) is 0 Å². The van der Waals surface area contributed by atoms with E-state index in [1.165, 1.54) is 18.5 Å². The second-order valence-corrected chi connectivity index (χ2v) is 8.94. The minimum Gasteiger partial charge on any atom is -0.352 e. The maximum atomic E-state index is 12.8. The average Bonchev–Trinajstić information content (AvgIpc) is 2.93. The monoisotopic (exact) mass is 367 g/mol. The van der Waals surface area contributed by atoms with E-state index in [2.05, 4.69) is 10.3 Å². The van der Waals surface area contributed by atoms with Crippen LogP contribution in [0.4, 0.5) is 0 Å². The molecule has 0 spiro atoms. The molecule has 1 aliphatic rings. The summed E-state index contributed by atoms with van der Waals surface area (Å²) in [6, 6.07) is 1.19.